The summed E-state index contributed by atoms with van der Waals surface area (Å²) in [6.07, 6.45) is 1.85. The number of methoxy groups -OCH3 is 1. The molecule has 0 atom stereocenters. The number of aryl methyl sites for hydroxylation is 1. The smallest absolute Gasteiger partial charge is 0.218 e. The molecule has 0 aliphatic carbocycles. The standard InChI is InChI=1S/C14H26N4O2/c1-5-12-16-13(15-7-6-8-18(2)3)11-14(17-12)20-10-9-19-4/h11H,5-10H2,1-4H3,(H,15,16,17). The SMILES string of the molecule is CCc1nc(NCCCN(C)C)cc(OCCOC)n1. The quantitative estimate of drug-likeness (QED) is 0.655. The van der Waals surface area contributed by atoms with Crippen LogP contribution in [0.2, 0.25) is 0 Å². The third kappa shape index (κ3) is 6.68. The Bertz CT molecular complexity index is 385. The zero-order valence-electron chi connectivity index (χ0n) is 13.0. The molecule has 0 bridgehead atoms. The van der Waals surface area contributed by atoms with Crippen molar-refractivity contribution in [2.24, 2.45) is 0 Å². The van der Waals surface area contributed by atoms with Crippen LogP contribution in [0.15, 0.2) is 6.07 Å². The van der Waals surface area contributed by atoms with Gasteiger partial charge in [0.15, 0.2) is 0 Å². The summed E-state index contributed by atoms with van der Waals surface area (Å²) in [5.41, 5.74) is 0. The molecule has 0 radical (unpaired) electrons. The summed E-state index contributed by atoms with van der Waals surface area (Å²) in [4.78, 5) is 11.0. The fourth-order valence-electron chi connectivity index (χ4n) is 1.64. The number of ether oxygens (including phenoxy) is 2. The highest BCUT2D eigenvalue weighted by molar-refractivity contribution is 5.38. The number of nitrogens with one attached hydrogen (secondary N) is 1. The third-order valence-corrected chi connectivity index (χ3v) is 2.69. The fourth-order valence-corrected chi connectivity index (χ4v) is 1.64. The minimum atomic E-state index is 0.497. The maximum atomic E-state index is 5.55. The highest BCUT2D eigenvalue weighted by atomic mass is 16.5. The van der Waals surface area contributed by atoms with E-state index in [1.165, 1.54) is 0 Å². The number of hydrogen-bond acceptors (Lipinski definition) is 6. The molecule has 0 unspecified atom stereocenters. The Morgan fingerprint density at radius 1 is 1.25 bits per heavy atom. The van der Waals surface area contributed by atoms with E-state index in [0.29, 0.717) is 19.1 Å². The predicted molar refractivity (Wildman–Crippen MR) is 80.4 cm³/mol. The maximum absolute atomic E-state index is 5.55. The first-order valence-electron chi connectivity index (χ1n) is 7.04. The van der Waals surface area contributed by atoms with E-state index in [0.717, 1.165) is 37.6 Å². The summed E-state index contributed by atoms with van der Waals surface area (Å²) in [6, 6.07) is 1.84. The minimum absolute atomic E-state index is 0.497. The molecular weight excluding hydrogens is 256 g/mol. The molecule has 1 heterocycles. The summed E-state index contributed by atoms with van der Waals surface area (Å²) < 4.78 is 10.5. The van der Waals surface area contributed by atoms with E-state index in [1.807, 2.05) is 13.0 Å². The van der Waals surface area contributed by atoms with Crippen molar-refractivity contribution in [3.05, 3.63) is 11.9 Å². The number of hydrogen-bond donors (Lipinski definition) is 1. The molecule has 20 heavy (non-hydrogen) atoms. The predicted octanol–water partition coefficient (Wildman–Crippen LogP) is 1.43. The van der Waals surface area contributed by atoms with E-state index >= 15 is 0 Å². The van der Waals surface area contributed by atoms with Gasteiger partial charge in [-0.3, -0.25) is 0 Å². The minimum Gasteiger partial charge on any atom is -0.475 e. The second-order valence-electron chi connectivity index (χ2n) is 4.79. The number of anilines is 1. The van der Waals surface area contributed by atoms with Crippen LogP contribution in [0, 0.1) is 0 Å². The van der Waals surface area contributed by atoms with Crippen LogP contribution in [0.4, 0.5) is 5.82 Å². The number of nitrogens with zero attached hydrogens (tertiary/aromatic N) is 3. The summed E-state index contributed by atoms with van der Waals surface area (Å²) in [7, 11) is 5.79. The molecule has 0 amide bonds. The van der Waals surface area contributed by atoms with Gasteiger partial charge < -0.3 is 19.7 Å². The van der Waals surface area contributed by atoms with Gasteiger partial charge in [-0.25, -0.2) is 4.98 Å². The maximum Gasteiger partial charge on any atom is 0.218 e. The second kappa shape index (κ2) is 9.50. The van der Waals surface area contributed by atoms with Crippen molar-refractivity contribution in [1.82, 2.24) is 14.9 Å². The number of rotatable bonds is 10. The Morgan fingerprint density at radius 2 is 2.05 bits per heavy atom. The van der Waals surface area contributed by atoms with Crippen molar-refractivity contribution in [3.63, 3.8) is 0 Å². The van der Waals surface area contributed by atoms with Gasteiger partial charge in [0, 0.05) is 26.1 Å². The molecule has 0 fully saturated rings. The van der Waals surface area contributed by atoms with Crippen molar-refractivity contribution >= 4 is 5.82 Å². The van der Waals surface area contributed by atoms with Crippen LogP contribution >= 0.6 is 0 Å². The van der Waals surface area contributed by atoms with Gasteiger partial charge in [0.05, 0.1) is 6.61 Å². The molecule has 0 saturated carbocycles. The van der Waals surface area contributed by atoms with Gasteiger partial charge in [-0.2, -0.15) is 4.98 Å². The molecule has 1 N–H and O–H groups in total. The van der Waals surface area contributed by atoms with Crippen molar-refractivity contribution in [3.8, 4) is 5.88 Å². The van der Waals surface area contributed by atoms with Crippen molar-refractivity contribution in [1.29, 1.82) is 0 Å². The average Bonchev–Trinajstić information content (AvgIpc) is 2.43. The molecule has 0 saturated heterocycles. The van der Waals surface area contributed by atoms with Crippen molar-refractivity contribution in [2.75, 3.05) is 52.8 Å². The summed E-state index contributed by atoms with van der Waals surface area (Å²) in [5.74, 6) is 2.21. The van der Waals surface area contributed by atoms with Crippen LogP contribution < -0.4 is 10.1 Å². The molecule has 1 aromatic heterocycles. The molecule has 114 valence electrons. The van der Waals surface area contributed by atoms with E-state index in [9.17, 15) is 0 Å². The van der Waals surface area contributed by atoms with Crippen LogP contribution in [-0.2, 0) is 11.2 Å². The molecule has 0 aliphatic heterocycles. The van der Waals surface area contributed by atoms with Gasteiger partial charge in [-0.15, -0.1) is 0 Å². The van der Waals surface area contributed by atoms with Gasteiger partial charge in [0.1, 0.15) is 18.2 Å². The van der Waals surface area contributed by atoms with E-state index < -0.39 is 0 Å². The Labute approximate surface area is 121 Å². The monoisotopic (exact) mass is 282 g/mol. The Morgan fingerprint density at radius 3 is 2.70 bits per heavy atom. The van der Waals surface area contributed by atoms with Crippen LogP contribution in [0.3, 0.4) is 0 Å². The van der Waals surface area contributed by atoms with Gasteiger partial charge in [0.2, 0.25) is 5.88 Å². The second-order valence-corrected chi connectivity index (χ2v) is 4.79. The molecule has 1 rings (SSSR count). The lowest BCUT2D eigenvalue weighted by Gasteiger charge is -2.12. The van der Waals surface area contributed by atoms with Crippen LogP contribution in [-0.4, -0.2) is 62.4 Å². The van der Waals surface area contributed by atoms with Crippen LogP contribution in [0.1, 0.15) is 19.2 Å². The molecule has 0 aromatic carbocycles. The third-order valence-electron chi connectivity index (χ3n) is 2.69. The number of aromatic nitrogens is 2. The normalized spacial score (nSPS) is 10.8. The van der Waals surface area contributed by atoms with E-state index in [1.54, 1.807) is 7.11 Å². The zero-order valence-corrected chi connectivity index (χ0v) is 13.0. The lowest BCUT2D eigenvalue weighted by Crippen LogP contribution is -2.17. The van der Waals surface area contributed by atoms with Crippen LogP contribution in [0.5, 0.6) is 5.88 Å². The Hall–Kier alpha value is -1.40. The molecule has 0 aliphatic rings. The van der Waals surface area contributed by atoms with Gasteiger partial charge in [-0.1, -0.05) is 6.92 Å². The largest absolute Gasteiger partial charge is 0.475 e. The topological polar surface area (TPSA) is 59.5 Å². The van der Waals surface area contributed by atoms with Gasteiger partial charge in [-0.05, 0) is 27.1 Å². The zero-order chi connectivity index (χ0) is 14.8. The van der Waals surface area contributed by atoms with Crippen LogP contribution in [0.25, 0.3) is 0 Å². The highest BCUT2D eigenvalue weighted by Crippen LogP contribution is 2.14. The Balaban J connectivity index is 2.53. The average molecular weight is 282 g/mol. The molecule has 0 spiro atoms. The van der Waals surface area contributed by atoms with Crippen molar-refractivity contribution in [2.45, 2.75) is 19.8 Å². The lowest BCUT2D eigenvalue weighted by atomic mass is 10.4. The first-order valence-corrected chi connectivity index (χ1v) is 7.04. The molecular formula is C14H26N4O2. The molecule has 6 nitrogen and oxygen atoms in total. The Kier molecular flexibility index (Phi) is 7.91. The van der Waals surface area contributed by atoms with E-state index in [2.05, 4.69) is 34.3 Å². The lowest BCUT2D eigenvalue weighted by molar-refractivity contribution is 0.143. The van der Waals surface area contributed by atoms with Gasteiger partial charge >= 0.3 is 0 Å². The molecule has 1 aromatic rings. The molecule has 6 heteroatoms. The fraction of sp³-hybridized carbons (Fsp3) is 0.714. The highest BCUT2D eigenvalue weighted by Gasteiger charge is 2.04. The summed E-state index contributed by atoms with van der Waals surface area (Å²) in [6.45, 7) is 5.02. The first-order chi connectivity index (χ1) is 9.65. The van der Waals surface area contributed by atoms with Gasteiger partial charge in [0.25, 0.3) is 0 Å². The van der Waals surface area contributed by atoms with Crippen molar-refractivity contribution < 1.29 is 9.47 Å². The summed E-state index contributed by atoms with van der Waals surface area (Å²) >= 11 is 0. The van der Waals surface area contributed by atoms with E-state index in [-0.39, 0.29) is 0 Å². The first kappa shape index (κ1) is 16.7. The van der Waals surface area contributed by atoms with E-state index in [4.69, 9.17) is 9.47 Å². The summed E-state index contributed by atoms with van der Waals surface area (Å²) in [5, 5.41) is 3.32.